The normalized spacial score (nSPS) is 14.6. The fraction of sp³-hybridized carbons (Fsp3) is 0.120. The fourth-order valence-corrected chi connectivity index (χ4v) is 21.4. The van der Waals surface area contributed by atoms with Gasteiger partial charge in [0, 0.05) is 132 Å². The maximum atomic E-state index is 4.79. The average molecular weight is 1440 g/mol. The van der Waals surface area contributed by atoms with Gasteiger partial charge in [0.05, 0.1) is 74.5 Å². The Morgan fingerprint density at radius 2 is 0.509 bits per heavy atom. The first kappa shape index (κ1) is 62.1. The van der Waals surface area contributed by atoms with Crippen LogP contribution in [0.4, 0.5) is 68.4 Å². The minimum Gasteiger partial charge on any atom is -0.309 e. The van der Waals surface area contributed by atoms with Gasteiger partial charge in [0.25, 0.3) is 0 Å². The van der Waals surface area contributed by atoms with Crippen LogP contribution in [-0.2, 0) is 77.0 Å². The first-order chi connectivity index (χ1) is 55.5. The Morgan fingerprint density at radius 1 is 0.196 bits per heavy atom. The molecule has 0 N–H and O–H groups in total. The van der Waals surface area contributed by atoms with Gasteiger partial charge in [0.15, 0.2) is 0 Å². The quantitative estimate of drug-likeness (QED) is 0.144. The highest BCUT2D eigenvalue weighted by Gasteiger charge is 2.42. The van der Waals surface area contributed by atoms with E-state index in [0.717, 1.165) is 88.6 Å². The third kappa shape index (κ3) is 9.05. The number of anilines is 12. The Kier molecular flexibility index (Phi) is 13.2. The molecule has 0 bridgehead atoms. The van der Waals surface area contributed by atoms with Crippen molar-refractivity contribution in [2.45, 2.75) is 77.0 Å². The molecule has 12 aliphatic rings. The molecule has 112 heavy (non-hydrogen) atoms. The Labute approximate surface area is 647 Å². The predicted octanol–water partition coefficient (Wildman–Crippen LogP) is 21.3. The zero-order chi connectivity index (χ0) is 73.0. The number of aromatic nitrogens is 8. The van der Waals surface area contributed by atoms with E-state index in [1.54, 1.807) is 0 Å². The highest BCUT2D eigenvalue weighted by molar-refractivity contribution is 6.00. The van der Waals surface area contributed by atoms with E-state index in [1.165, 1.54) is 235 Å². The zero-order valence-electron chi connectivity index (χ0n) is 61.3. The van der Waals surface area contributed by atoms with Gasteiger partial charge in [-0.3, -0.25) is 39.8 Å². The lowest BCUT2D eigenvalue weighted by molar-refractivity contribution is 0.963. The number of fused-ring (bicyclic) bond motifs is 32. The largest absolute Gasteiger partial charge is 0.309 e. The summed E-state index contributed by atoms with van der Waals surface area (Å²) in [6.07, 6.45) is 39.0. The van der Waals surface area contributed by atoms with Gasteiger partial charge >= 0.3 is 0 Å². The maximum Gasteiger partial charge on any atom is 0.141 e. The van der Waals surface area contributed by atoms with Crippen molar-refractivity contribution in [1.82, 2.24) is 39.9 Å². The molecule has 0 saturated heterocycles. The first-order valence-electron chi connectivity index (χ1n) is 39.2. The van der Waals surface area contributed by atoms with Crippen molar-refractivity contribution in [3.05, 3.63) is 402 Å². The van der Waals surface area contributed by atoms with Gasteiger partial charge in [-0.1, -0.05) is 127 Å². The molecule has 8 aromatic heterocycles. The molecule has 0 fully saturated rings. The molecule has 16 heterocycles. The summed E-state index contributed by atoms with van der Waals surface area (Å²) in [7, 11) is 0. The van der Waals surface area contributed by atoms with E-state index in [1.807, 2.05) is 92.8 Å². The molecule has 0 amide bonds. The van der Waals surface area contributed by atoms with E-state index in [-0.39, 0.29) is 0 Å². The molecule has 0 saturated carbocycles. The molecule has 8 aliphatic heterocycles. The summed E-state index contributed by atoms with van der Waals surface area (Å²) in [4.78, 5) is 45.7. The van der Waals surface area contributed by atoms with Crippen molar-refractivity contribution >= 4 is 68.4 Å². The van der Waals surface area contributed by atoms with Gasteiger partial charge in [-0.05, 0) is 253 Å². The average Bonchev–Trinajstić information content (AvgIpc) is 1.71. The maximum absolute atomic E-state index is 4.79. The molecule has 0 atom stereocenters. The van der Waals surface area contributed by atoms with Gasteiger partial charge in [0.2, 0.25) is 0 Å². The lowest BCUT2D eigenvalue weighted by Crippen LogP contribution is -2.26. The monoisotopic (exact) mass is 1440 g/mol. The number of hydrogen-bond donors (Lipinski definition) is 0. The number of nitrogens with zero attached hydrogens (tertiary/aromatic N) is 12. The van der Waals surface area contributed by atoms with Crippen molar-refractivity contribution in [2.24, 2.45) is 0 Å². The molecule has 4 aliphatic carbocycles. The standard InChI is InChI=1S/4C25H17N3/c1-2-6-20-15(4-1)10-17-11-18-12-19-14-26-9-7-22(19)28-24(18)21(23(17)20)13-16-5-3-8-27-25(16)28;1-2-5-19-15(4-1)10-16-11-17-12-18-14-26-9-7-22(18)28-23-6-3-8-27-21(23)13-20(24(16)19)25(17)28;1-2-4-20-15(3-1)9-16-10-17-11-18-13-26-7-5-22(18)28-23-6-8-27-14-19(23)12-21(24(16)20)25(17)28;1-2-4-20-15(3-1)9-17-10-18-11-19-13-26-8-6-22(19)28-23-14-27-7-5-16(23)12-21(24(17)20)25(18)28/h2*1-9,11,14H,10,12-13H2;2*1-8,10,13-14H,9,11-12H2. The summed E-state index contributed by atoms with van der Waals surface area (Å²) in [5.74, 6) is 1.06. The summed E-state index contributed by atoms with van der Waals surface area (Å²) in [6.45, 7) is 0. The number of hydrogen-bond acceptors (Lipinski definition) is 12. The van der Waals surface area contributed by atoms with Crippen molar-refractivity contribution in [3.8, 4) is 44.5 Å². The summed E-state index contributed by atoms with van der Waals surface area (Å²) >= 11 is 0. The predicted molar refractivity (Wildman–Crippen MR) is 442 cm³/mol. The first-order valence-corrected chi connectivity index (χ1v) is 39.2. The van der Waals surface area contributed by atoms with E-state index in [4.69, 9.17) is 9.97 Å². The summed E-state index contributed by atoms with van der Waals surface area (Å²) < 4.78 is 0. The molecule has 12 nitrogen and oxygen atoms in total. The third-order valence-electron chi connectivity index (χ3n) is 25.7. The molecule has 8 aromatic carbocycles. The van der Waals surface area contributed by atoms with Crippen LogP contribution in [-0.4, -0.2) is 39.9 Å². The van der Waals surface area contributed by atoms with Gasteiger partial charge in [-0.2, -0.15) is 0 Å². The number of benzene rings is 8. The lowest BCUT2D eigenvalue weighted by atomic mass is 9.83. The van der Waals surface area contributed by atoms with Crippen molar-refractivity contribution in [3.63, 3.8) is 0 Å². The second-order valence-electron chi connectivity index (χ2n) is 31.7. The van der Waals surface area contributed by atoms with Crippen LogP contribution < -0.4 is 19.6 Å². The van der Waals surface area contributed by atoms with Crippen LogP contribution in [0.25, 0.3) is 44.5 Å². The molecule has 528 valence electrons. The van der Waals surface area contributed by atoms with Gasteiger partial charge in [-0.15, -0.1) is 0 Å². The molecule has 0 spiro atoms. The Hall–Kier alpha value is -13.8. The van der Waals surface area contributed by atoms with Gasteiger partial charge < -0.3 is 14.7 Å². The van der Waals surface area contributed by atoms with E-state index in [9.17, 15) is 0 Å². The van der Waals surface area contributed by atoms with Crippen LogP contribution in [0.15, 0.2) is 269 Å². The molecule has 16 aromatic rings. The van der Waals surface area contributed by atoms with Crippen LogP contribution in [0.5, 0.6) is 0 Å². The van der Waals surface area contributed by atoms with E-state index in [2.05, 4.69) is 225 Å². The molecule has 0 radical (unpaired) electrons. The summed E-state index contributed by atoms with van der Waals surface area (Å²) in [6, 6.07) is 66.7. The molecular weight excluding hydrogens is 1370 g/mol. The fourth-order valence-electron chi connectivity index (χ4n) is 21.4. The highest BCUT2D eigenvalue weighted by Crippen LogP contribution is 2.60. The Morgan fingerprint density at radius 3 is 0.955 bits per heavy atom. The molecule has 28 rings (SSSR count). The smallest absolute Gasteiger partial charge is 0.141 e. The Bertz CT molecular complexity index is 5990. The van der Waals surface area contributed by atoms with E-state index >= 15 is 0 Å². The minimum atomic E-state index is 0.896. The number of pyridine rings is 8. The van der Waals surface area contributed by atoms with E-state index < -0.39 is 0 Å². The van der Waals surface area contributed by atoms with E-state index in [0.29, 0.717) is 0 Å². The lowest BCUT2D eigenvalue weighted by Gasteiger charge is -2.40. The SMILES string of the molecule is c1ccc2c(c1)Cc1cc3c4c(c1-2)Cc1cccnc1N4c1ccncc1C3.c1ccc2c(c1)Cc1cc3c4c(c1-2)Cc1ccncc1N4c1ccncc1C3.c1ccc2c(c1)Cc1cc3c4c(c1-2)Cc1cnccc1N4c1ccncc1C3.c1ccc2c(c1)Cc1cc3c4c(c1-2)Cc1ncccc1N4c1ccncc1C3. The van der Waals surface area contributed by atoms with Crippen molar-refractivity contribution in [1.29, 1.82) is 0 Å². The second-order valence-corrected chi connectivity index (χ2v) is 31.7. The topological polar surface area (TPSA) is 116 Å². The van der Waals surface area contributed by atoms with Crippen LogP contribution >= 0.6 is 0 Å². The molecule has 0 unspecified atom stereocenters. The van der Waals surface area contributed by atoms with Crippen molar-refractivity contribution in [2.75, 3.05) is 19.6 Å². The van der Waals surface area contributed by atoms with Crippen LogP contribution in [0, 0.1) is 0 Å². The highest BCUT2D eigenvalue weighted by atomic mass is 15.2. The summed E-state index contributed by atoms with van der Waals surface area (Å²) in [5, 5.41) is 0. The third-order valence-corrected chi connectivity index (χ3v) is 25.7. The van der Waals surface area contributed by atoms with Gasteiger partial charge in [0.1, 0.15) is 5.82 Å². The molecule has 12 heteroatoms. The molecular formula is C100H68N12. The van der Waals surface area contributed by atoms with Gasteiger partial charge in [-0.25, -0.2) is 4.98 Å². The Balaban J connectivity index is 0.0000000847. The number of rotatable bonds is 0. The second kappa shape index (κ2) is 23.8. The zero-order valence-corrected chi connectivity index (χ0v) is 61.3. The van der Waals surface area contributed by atoms with Crippen LogP contribution in [0.1, 0.15) is 134 Å². The minimum absolute atomic E-state index is 0.896. The van der Waals surface area contributed by atoms with Crippen molar-refractivity contribution < 1.29 is 0 Å². The summed E-state index contributed by atoms with van der Waals surface area (Å²) in [5.41, 5.74) is 58.8. The van der Waals surface area contributed by atoms with Crippen LogP contribution in [0.2, 0.25) is 0 Å². The van der Waals surface area contributed by atoms with Crippen LogP contribution in [0.3, 0.4) is 0 Å².